The first-order chi connectivity index (χ1) is 8.42. The van der Waals surface area contributed by atoms with Crippen molar-refractivity contribution in [3.8, 4) is 12.3 Å². The van der Waals surface area contributed by atoms with E-state index in [9.17, 15) is 0 Å². The van der Waals surface area contributed by atoms with Crippen LogP contribution in [0.1, 0.15) is 45.2 Å². The predicted octanol–water partition coefficient (Wildman–Crippen LogP) is 3.51. The average molecular weight is 243 g/mol. The summed E-state index contributed by atoms with van der Waals surface area (Å²) in [5.74, 6) is 2.68. The minimum Gasteiger partial charge on any atom is -0.360 e. The highest BCUT2D eigenvalue weighted by atomic mass is 16.5. The van der Waals surface area contributed by atoms with Gasteiger partial charge < -0.3 is 10.1 Å². The van der Waals surface area contributed by atoms with Gasteiger partial charge in [0.2, 0.25) is 0 Å². The third-order valence-electron chi connectivity index (χ3n) is 3.36. The Bertz CT molecular complexity index is 482. The van der Waals surface area contributed by atoms with Gasteiger partial charge in [-0.15, -0.1) is 6.42 Å². The topological polar surface area (TPSA) is 21.3 Å². The van der Waals surface area contributed by atoms with E-state index >= 15 is 0 Å². The molecule has 1 heterocycles. The summed E-state index contributed by atoms with van der Waals surface area (Å²) in [6.07, 6.45) is 6.70. The molecule has 2 rings (SSSR count). The Hall–Kier alpha value is -1.46. The third kappa shape index (κ3) is 2.52. The smallest absolute Gasteiger partial charge is 0.128 e. The molecule has 0 saturated heterocycles. The zero-order valence-electron chi connectivity index (χ0n) is 11.6. The van der Waals surface area contributed by atoms with Gasteiger partial charge in [0.15, 0.2) is 0 Å². The Morgan fingerprint density at radius 2 is 2.17 bits per heavy atom. The summed E-state index contributed by atoms with van der Waals surface area (Å²) in [6, 6.07) is 6.17. The van der Waals surface area contributed by atoms with Gasteiger partial charge >= 0.3 is 0 Å². The van der Waals surface area contributed by atoms with E-state index < -0.39 is 0 Å². The SMILES string of the molecule is C#Cc1ccc2c(c1)NC(OC(C)C)CC2(C)C. The van der Waals surface area contributed by atoms with E-state index in [-0.39, 0.29) is 17.7 Å². The Kier molecular flexibility index (Phi) is 3.36. The summed E-state index contributed by atoms with van der Waals surface area (Å²) in [4.78, 5) is 0. The van der Waals surface area contributed by atoms with Crippen LogP contribution in [-0.4, -0.2) is 12.3 Å². The van der Waals surface area contributed by atoms with E-state index in [1.54, 1.807) is 0 Å². The van der Waals surface area contributed by atoms with E-state index in [0.29, 0.717) is 0 Å². The number of hydrogen-bond acceptors (Lipinski definition) is 2. The quantitative estimate of drug-likeness (QED) is 0.803. The Labute approximate surface area is 110 Å². The molecular formula is C16H21NO. The summed E-state index contributed by atoms with van der Waals surface area (Å²) < 4.78 is 5.89. The van der Waals surface area contributed by atoms with Crippen LogP contribution in [0.25, 0.3) is 0 Å². The van der Waals surface area contributed by atoms with Gasteiger partial charge in [0.05, 0.1) is 6.10 Å². The maximum Gasteiger partial charge on any atom is 0.128 e. The number of benzene rings is 1. The highest BCUT2D eigenvalue weighted by Crippen LogP contribution is 2.39. The monoisotopic (exact) mass is 243 g/mol. The van der Waals surface area contributed by atoms with Gasteiger partial charge in [0, 0.05) is 17.7 Å². The van der Waals surface area contributed by atoms with Gasteiger partial charge in [0.1, 0.15) is 6.23 Å². The van der Waals surface area contributed by atoms with Crippen molar-refractivity contribution >= 4 is 5.69 Å². The molecule has 0 saturated carbocycles. The van der Waals surface area contributed by atoms with Crippen LogP contribution in [0.2, 0.25) is 0 Å². The van der Waals surface area contributed by atoms with Crippen molar-refractivity contribution in [3.63, 3.8) is 0 Å². The number of fused-ring (bicyclic) bond motifs is 1. The molecule has 0 fully saturated rings. The number of terminal acetylenes is 1. The molecule has 1 aliphatic heterocycles. The van der Waals surface area contributed by atoms with Crippen LogP contribution in [0.5, 0.6) is 0 Å². The lowest BCUT2D eigenvalue weighted by molar-refractivity contribution is 0.00646. The molecule has 1 aromatic rings. The first-order valence-electron chi connectivity index (χ1n) is 6.45. The molecule has 1 aliphatic rings. The van der Waals surface area contributed by atoms with Crippen molar-refractivity contribution in [1.82, 2.24) is 0 Å². The molecule has 0 aromatic heterocycles. The van der Waals surface area contributed by atoms with E-state index in [1.807, 2.05) is 12.1 Å². The van der Waals surface area contributed by atoms with Crippen LogP contribution in [0, 0.1) is 12.3 Å². The van der Waals surface area contributed by atoms with Gasteiger partial charge in [0.25, 0.3) is 0 Å². The molecule has 1 N–H and O–H groups in total. The molecule has 1 unspecified atom stereocenters. The summed E-state index contributed by atoms with van der Waals surface area (Å²) in [5.41, 5.74) is 3.42. The minimum absolute atomic E-state index is 0.0560. The minimum atomic E-state index is 0.0560. The molecule has 0 aliphatic carbocycles. The first-order valence-corrected chi connectivity index (χ1v) is 6.45. The second kappa shape index (κ2) is 4.66. The van der Waals surface area contributed by atoms with E-state index in [4.69, 9.17) is 11.2 Å². The van der Waals surface area contributed by atoms with Crippen molar-refractivity contribution in [1.29, 1.82) is 0 Å². The Morgan fingerprint density at radius 1 is 1.44 bits per heavy atom. The van der Waals surface area contributed by atoms with Crippen LogP contribution >= 0.6 is 0 Å². The third-order valence-corrected chi connectivity index (χ3v) is 3.36. The Balaban J connectivity index is 2.35. The van der Waals surface area contributed by atoms with Crippen molar-refractivity contribution in [2.75, 3.05) is 5.32 Å². The highest BCUT2D eigenvalue weighted by molar-refractivity contribution is 5.60. The lowest BCUT2D eigenvalue weighted by atomic mass is 9.77. The van der Waals surface area contributed by atoms with Crippen molar-refractivity contribution in [2.45, 2.75) is 51.9 Å². The summed E-state index contributed by atoms with van der Waals surface area (Å²) in [6.45, 7) is 8.61. The summed E-state index contributed by atoms with van der Waals surface area (Å²) in [5, 5.41) is 3.44. The highest BCUT2D eigenvalue weighted by Gasteiger charge is 2.33. The fraction of sp³-hybridized carbons (Fsp3) is 0.500. The molecule has 1 aromatic carbocycles. The van der Waals surface area contributed by atoms with Crippen LogP contribution in [0.15, 0.2) is 18.2 Å². The van der Waals surface area contributed by atoms with Gasteiger partial charge in [-0.05, 0) is 37.0 Å². The van der Waals surface area contributed by atoms with Crippen LogP contribution in [0.4, 0.5) is 5.69 Å². The fourth-order valence-corrected chi connectivity index (χ4v) is 2.55. The molecular weight excluding hydrogens is 222 g/mol. The van der Waals surface area contributed by atoms with Gasteiger partial charge in [-0.3, -0.25) is 0 Å². The number of anilines is 1. The largest absolute Gasteiger partial charge is 0.360 e. The normalized spacial score (nSPS) is 21.0. The molecule has 18 heavy (non-hydrogen) atoms. The predicted molar refractivity (Wildman–Crippen MR) is 75.7 cm³/mol. The molecule has 2 nitrogen and oxygen atoms in total. The maximum absolute atomic E-state index is 5.89. The van der Waals surface area contributed by atoms with Crippen molar-refractivity contribution in [3.05, 3.63) is 29.3 Å². The average Bonchev–Trinajstić information content (AvgIpc) is 2.26. The lowest BCUT2D eigenvalue weighted by Gasteiger charge is -2.39. The van der Waals surface area contributed by atoms with E-state index in [1.165, 1.54) is 5.56 Å². The lowest BCUT2D eigenvalue weighted by Crippen LogP contribution is -2.39. The second-order valence-corrected chi connectivity index (χ2v) is 5.81. The van der Waals surface area contributed by atoms with Crippen LogP contribution < -0.4 is 5.32 Å². The van der Waals surface area contributed by atoms with E-state index in [2.05, 4.69) is 45.0 Å². The number of hydrogen-bond donors (Lipinski definition) is 1. The fourth-order valence-electron chi connectivity index (χ4n) is 2.55. The zero-order chi connectivity index (χ0) is 13.3. The number of nitrogens with one attached hydrogen (secondary N) is 1. The molecule has 0 spiro atoms. The van der Waals surface area contributed by atoms with Crippen LogP contribution in [0.3, 0.4) is 0 Å². The second-order valence-electron chi connectivity index (χ2n) is 5.81. The van der Waals surface area contributed by atoms with Gasteiger partial charge in [-0.25, -0.2) is 0 Å². The molecule has 0 radical (unpaired) electrons. The molecule has 0 amide bonds. The zero-order valence-corrected chi connectivity index (χ0v) is 11.6. The van der Waals surface area contributed by atoms with Crippen molar-refractivity contribution in [2.24, 2.45) is 0 Å². The molecule has 0 bridgehead atoms. The standard InChI is InChI=1S/C16H21NO/c1-6-12-7-8-13-14(9-12)17-15(18-11(2)3)10-16(13,4)5/h1,7-9,11,15,17H,10H2,2-5H3. The summed E-state index contributed by atoms with van der Waals surface area (Å²) in [7, 11) is 0. The van der Waals surface area contributed by atoms with E-state index in [0.717, 1.165) is 17.7 Å². The van der Waals surface area contributed by atoms with Gasteiger partial charge in [-0.1, -0.05) is 25.8 Å². The number of rotatable bonds is 2. The molecule has 2 heteroatoms. The molecule has 96 valence electrons. The maximum atomic E-state index is 5.89. The Morgan fingerprint density at radius 3 is 2.78 bits per heavy atom. The number of ether oxygens (including phenoxy) is 1. The van der Waals surface area contributed by atoms with Gasteiger partial charge in [-0.2, -0.15) is 0 Å². The first kappa shape index (κ1) is 13.0. The van der Waals surface area contributed by atoms with Crippen molar-refractivity contribution < 1.29 is 4.74 Å². The summed E-state index contributed by atoms with van der Waals surface area (Å²) >= 11 is 0. The van der Waals surface area contributed by atoms with Crippen LogP contribution in [-0.2, 0) is 10.2 Å². The molecule has 1 atom stereocenters.